The molecule has 1 aliphatic heterocycles. The lowest BCUT2D eigenvalue weighted by Crippen LogP contribution is -2.41. The Morgan fingerprint density at radius 3 is 2.48 bits per heavy atom. The van der Waals surface area contributed by atoms with Gasteiger partial charge >= 0.3 is 0 Å². The SMILES string of the molecule is CN(C)C1CCN(Cc2ccccc2CC(=O)NN)CC1. The van der Waals surface area contributed by atoms with E-state index in [-0.39, 0.29) is 5.91 Å². The summed E-state index contributed by atoms with van der Waals surface area (Å²) in [5.41, 5.74) is 4.50. The van der Waals surface area contributed by atoms with Gasteiger partial charge in [-0.25, -0.2) is 5.84 Å². The first-order chi connectivity index (χ1) is 10.1. The summed E-state index contributed by atoms with van der Waals surface area (Å²) in [5, 5.41) is 0. The van der Waals surface area contributed by atoms with Gasteiger partial charge in [0, 0.05) is 12.6 Å². The molecule has 0 saturated carbocycles. The summed E-state index contributed by atoms with van der Waals surface area (Å²) in [4.78, 5) is 16.3. The van der Waals surface area contributed by atoms with E-state index < -0.39 is 0 Å². The number of likely N-dealkylation sites (tertiary alicyclic amines) is 1. The van der Waals surface area contributed by atoms with Crippen LogP contribution in [-0.4, -0.2) is 48.9 Å². The molecule has 1 aliphatic rings. The van der Waals surface area contributed by atoms with E-state index in [9.17, 15) is 4.79 Å². The molecule has 2 rings (SSSR count). The average molecular weight is 290 g/mol. The minimum absolute atomic E-state index is 0.145. The number of hydrazine groups is 1. The maximum absolute atomic E-state index is 11.5. The molecule has 1 aromatic rings. The number of amides is 1. The highest BCUT2D eigenvalue weighted by atomic mass is 16.2. The lowest BCUT2D eigenvalue weighted by Gasteiger charge is -2.35. The van der Waals surface area contributed by atoms with Crippen LogP contribution >= 0.6 is 0 Å². The number of carbonyl (C=O) groups excluding carboxylic acids is 1. The Morgan fingerprint density at radius 1 is 1.29 bits per heavy atom. The molecule has 116 valence electrons. The first kappa shape index (κ1) is 15.9. The van der Waals surface area contributed by atoms with Crippen LogP contribution < -0.4 is 11.3 Å². The third-order valence-corrected chi connectivity index (χ3v) is 4.31. The molecule has 1 aromatic carbocycles. The van der Waals surface area contributed by atoms with E-state index in [1.807, 2.05) is 18.2 Å². The zero-order chi connectivity index (χ0) is 15.2. The van der Waals surface area contributed by atoms with Gasteiger partial charge in [-0.3, -0.25) is 15.1 Å². The van der Waals surface area contributed by atoms with Gasteiger partial charge in [0.15, 0.2) is 0 Å². The zero-order valence-corrected chi connectivity index (χ0v) is 13.0. The summed E-state index contributed by atoms with van der Waals surface area (Å²) in [5.74, 6) is 5.04. The highest BCUT2D eigenvalue weighted by Gasteiger charge is 2.21. The summed E-state index contributed by atoms with van der Waals surface area (Å²) in [6, 6.07) is 8.82. The Morgan fingerprint density at radius 2 is 1.90 bits per heavy atom. The van der Waals surface area contributed by atoms with Crippen molar-refractivity contribution in [3.05, 3.63) is 35.4 Å². The Labute approximate surface area is 127 Å². The van der Waals surface area contributed by atoms with Gasteiger partial charge in [-0.15, -0.1) is 0 Å². The molecule has 0 aromatic heterocycles. The molecular formula is C16H26N4O. The van der Waals surface area contributed by atoms with Gasteiger partial charge < -0.3 is 4.90 Å². The van der Waals surface area contributed by atoms with Crippen molar-refractivity contribution in [1.82, 2.24) is 15.2 Å². The Balaban J connectivity index is 1.96. The average Bonchev–Trinajstić information content (AvgIpc) is 2.49. The Kier molecular flexibility index (Phi) is 5.73. The number of rotatable bonds is 5. The van der Waals surface area contributed by atoms with Crippen molar-refractivity contribution in [3.63, 3.8) is 0 Å². The second-order valence-corrected chi connectivity index (χ2v) is 5.98. The molecule has 21 heavy (non-hydrogen) atoms. The van der Waals surface area contributed by atoms with Crippen molar-refractivity contribution in [2.75, 3.05) is 27.2 Å². The largest absolute Gasteiger partial charge is 0.306 e. The van der Waals surface area contributed by atoms with Crippen LogP contribution in [-0.2, 0) is 17.8 Å². The van der Waals surface area contributed by atoms with Gasteiger partial charge in [0.2, 0.25) is 5.91 Å². The number of nitrogens with one attached hydrogen (secondary N) is 1. The second-order valence-electron chi connectivity index (χ2n) is 5.98. The van der Waals surface area contributed by atoms with Crippen LogP contribution in [0.2, 0.25) is 0 Å². The monoisotopic (exact) mass is 290 g/mol. The number of nitrogens with zero attached hydrogens (tertiary/aromatic N) is 2. The highest BCUT2D eigenvalue weighted by molar-refractivity contribution is 5.78. The molecule has 1 fully saturated rings. The van der Waals surface area contributed by atoms with E-state index in [4.69, 9.17) is 5.84 Å². The molecule has 0 bridgehead atoms. The van der Waals surface area contributed by atoms with E-state index in [0.717, 1.165) is 25.2 Å². The molecule has 1 amide bonds. The van der Waals surface area contributed by atoms with Gasteiger partial charge in [0.05, 0.1) is 6.42 Å². The fourth-order valence-corrected chi connectivity index (χ4v) is 2.94. The summed E-state index contributed by atoms with van der Waals surface area (Å²) in [6.45, 7) is 3.13. The van der Waals surface area contributed by atoms with Gasteiger partial charge in [-0.1, -0.05) is 24.3 Å². The van der Waals surface area contributed by atoms with E-state index >= 15 is 0 Å². The topological polar surface area (TPSA) is 61.6 Å². The molecule has 5 heteroatoms. The van der Waals surface area contributed by atoms with Gasteiger partial charge in [-0.2, -0.15) is 0 Å². The number of piperidine rings is 1. The molecule has 0 aliphatic carbocycles. The summed E-state index contributed by atoms with van der Waals surface area (Å²) >= 11 is 0. The minimum Gasteiger partial charge on any atom is -0.306 e. The molecular weight excluding hydrogens is 264 g/mol. The number of benzene rings is 1. The molecule has 1 saturated heterocycles. The van der Waals surface area contributed by atoms with E-state index in [2.05, 4.69) is 35.4 Å². The van der Waals surface area contributed by atoms with Crippen LogP contribution in [0.1, 0.15) is 24.0 Å². The van der Waals surface area contributed by atoms with Gasteiger partial charge in [0.1, 0.15) is 0 Å². The standard InChI is InChI=1S/C16H26N4O/c1-19(2)15-7-9-20(10-8-15)12-14-6-4-3-5-13(14)11-16(21)18-17/h3-6,15H,7-12,17H2,1-2H3,(H,18,21). The lowest BCUT2D eigenvalue weighted by atomic mass is 10.0. The van der Waals surface area contributed by atoms with Crippen molar-refractivity contribution in [3.8, 4) is 0 Å². The quantitative estimate of drug-likeness (QED) is 0.477. The van der Waals surface area contributed by atoms with E-state index in [0.29, 0.717) is 12.5 Å². The third-order valence-electron chi connectivity index (χ3n) is 4.31. The van der Waals surface area contributed by atoms with Crippen LogP contribution in [0.4, 0.5) is 0 Å². The number of nitrogens with two attached hydrogens (primary N) is 1. The van der Waals surface area contributed by atoms with Crippen molar-refractivity contribution in [2.24, 2.45) is 5.84 Å². The van der Waals surface area contributed by atoms with Crippen LogP contribution in [0.3, 0.4) is 0 Å². The molecule has 1 heterocycles. The minimum atomic E-state index is -0.145. The number of hydrogen-bond acceptors (Lipinski definition) is 4. The highest BCUT2D eigenvalue weighted by Crippen LogP contribution is 2.18. The van der Waals surface area contributed by atoms with Crippen molar-refractivity contribution in [2.45, 2.75) is 31.8 Å². The number of hydrogen-bond donors (Lipinski definition) is 2. The molecule has 0 unspecified atom stereocenters. The Hall–Kier alpha value is -1.43. The van der Waals surface area contributed by atoms with Crippen LogP contribution in [0.5, 0.6) is 0 Å². The first-order valence-corrected chi connectivity index (χ1v) is 7.55. The predicted molar refractivity (Wildman–Crippen MR) is 84.5 cm³/mol. The summed E-state index contributed by atoms with van der Waals surface area (Å²) in [6.07, 6.45) is 2.76. The molecule has 3 N–H and O–H groups in total. The summed E-state index contributed by atoms with van der Waals surface area (Å²) in [7, 11) is 4.31. The molecule has 5 nitrogen and oxygen atoms in total. The Bertz CT molecular complexity index is 467. The van der Waals surface area contributed by atoms with Gasteiger partial charge in [-0.05, 0) is 51.2 Å². The van der Waals surface area contributed by atoms with E-state index in [1.165, 1.54) is 18.4 Å². The fraction of sp³-hybridized carbons (Fsp3) is 0.562. The van der Waals surface area contributed by atoms with Crippen molar-refractivity contribution >= 4 is 5.91 Å². The first-order valence-electron chi connectivity index (χ1n) is 7.55. The molecule has 0 spiro atoms. The van der Waals surface area contributed by atoms with Crippen LogP contribution in [0, 0.1) is 0 Å². The third kappa shape index (κ3) is 4.52. The number of carbonyl (C=O) groups is 1. The van der Waals surface area contributed by atoms with Gasteiger partial charge in [0.25, 0.3) is 0 Å². The normalized spacial score (nSPS) is 17.1. The van der Waals surface area contributed by atoms with E-state index in [1.54, 1.807) is 0 Å². The lowest BCUT2D eigenvalue weighted by molar-refractivity contribution is -0.120. The molecule has 0 radical (unpaired) electrons. The van der Waals surface area contributed by atoms with Crippen molar-refractivity contribution in [1.29, 1.82) is 0 Å². The maximum Gasteiger partial charge on any atom is 0.238 e. The van der Waals surface area contributed by atoms with Crippen LogP contribution in [0.15, 0.2) is 24.3 Å². The summed E-state index contributed by atoms with van der Waals surface area (Å²) < 4.78 is 0. The fourth-order valence-electron chi connectivity index (χ4n) is 2.94. The maximum atomic E-state index is 11.5. The zero-order valence-electron chi connectivity index (χ0n) is 13.0. The smallest absolute Gasteiger partial charge is 0.238 e. The van der Waals surface area contributed by atoms with Crippen LogP contribution in [0.25, 0.3) is 0 Å². The van der Waals surface area contributed by atoms with Crippen molar-refractivity contribution < 1.29 is 4.79 Å². The second kappa shape index (κ2) is 7.54. The predicted octanol–water partition coefficient (Wildman–Crippen LogP) is 0.745. The molecule has 0 atom stereocenters.